The van der Waals surface area contributed by atoms with Crippen LogP contribution in [0.3, 0.4) is 0 Å². The predicted octanol–water partition coefficient (Wildman–Crippen LogP) is 3.98. The number of oxazole rings is 1. The Bertz CT molecular complexity index is 1200. The molecule has 1 amide bonds. The van der Waals surface area contributed by atoms with Crippen molar-refractivity contribution >= 4 is 27.9 Å². The smallest absolute Gasteiger partial charge is 0.408 e. The van der Waals surface area contributed by atoms with E-state index in [0.717, 1.165) is 35.7 Å². The fourth-order valence-electron chi connectivity index (χ4n) is 4.22. The standard InChI is InChI=1S/C22H20FN3O3/c23-15-6-4-13(5-7-15)9-16-3-1-2-8-26(16)21(27)19-11-14-10-18-20(12-17(14)24-19)29-22(28)25-18/h4-7,10-12,16,24H,1-3,8-9H2,(H,25,28). The highest BCUT2D eigenvalue weighted by atomic mass is 19.1. The molecule has 0 saturated carbocycles. The molecule has 2 N–H and O–H groups in total. The summed E-state index contributed by atoms with van der Waals surface area (Å²) >= 11 is 0. The van der Waals surface area contributed by atoms with Crippen LogP contribution in [0.4, 0.5) is 4.39 Å². The fourth-order valence-corrected chi connectivity index (χ4v) is 4.22. The predicted molar refractivity (Wildman–Crippen MR) is 107 cm³/mol. The molecule has 1 unspecified atom stereocenters. The molecule has 0 spiro atoms. The average molecular weight is 393 g/mol. The van der Waals surface area contributed by atoms with Crippen molar-refractivity contribution < 1.29 is 13.6 Å². The number of halogens is 1. The Morgan fingerprint density at radius 1 is 1.10 bits per heavy atom. The van der Waals surface area contributed by atoms with Gasteiger partial charge in [0, 0.05) is 29.6 Å². The van der Waals surface area contributed by atoms with E-state index in [-0.39, 0.29) is 17.8 Å². The van der Waals surface area contributed by atoms with Crippen LogP contribution in [0, 0.1) is 5.82 Å². The lowest BCUT2D eigenvalue weighted by molar-refractivity contribution is 0.0608. The largest absolute Gasteiger partial charge is 0.417 e. The highest BCUT2D eigenvalue weighted by molar-refractivity contribution is 6.01. The quantitative estimate of drug-likeness (QED) is 0.552. The second-order valence-corrected chi connectivity index (χ2v) is 7.61. The number of nitrogens with zero attached hydrogens (tertiary/aromatic N) is 1. The number of aromatic nitrogens is 2. The van der Waals surface area contributed by atoms with Crippen molar-refractivity contribution in [2.45, 2.75) is 31.7 Å². The van der Waals surface area contributed by atoms with Gasteiger partial charge in [-0.2, -0.15) is 0 Å². The third-order valence-electron chi connectivity index (χ3n) is 5.66. The molecule has 1 fully saturated rings. The Morgan fingerprint density at radius 3 is 2.76 bits per heavy atom. The average Bonchev–Trinajstić information content (AvgIpc) is 3.29. The van der Waals surface area contributed by atoms with E-state index in [2.05, 4.69) is 9.97 Å². The number of hydrogen-bond donors (Lipinski definition) is 2. The second-order valence-electron chi connectivity index (χ2n) is 7.61. The van der Waals surface area contributed by atoms with Crippen LogP contribution >= 0.6 is 0 Å². The highest BCUT2D eigenvalue weighted by Gasteiger charge is 2.28. The molecule has 1 atom stereocenters. The number of piperidine rings is 1. The number of rotatable bonds is 3. The Balaban J connectivity index is 1.43. The number of benzene rings is 2. The third kappa shape index (κ3) is 3.33. The molecule has 148 valence electrons. The van der Waals surface area contributed by atoms with Crippen molar-refractivity contribution in [1.29, 1.82) is 0 Å². The SMILES string of the molecule is O=C(c1cc2cc3[nH]c(=O)oc3cc2[nH]1)N1CCCCC1Cc1ccc(F)cc1. The van der Waals surface area contributed by atoms with Crippen LogP contribution in [0.15, 0.2) is 51.7 Å². The molecule has 7 heteroatoms. The van der Waals surface area contributed by atoms with E-state index < -0.39 is 5.76 Å². The minimum atomic E-state index is -0.499. The number of amides is 1. The third-order valence-corrected chi connectivity index (χ3v) is 5.66. The van der Waals surface area contributed by atoms with Gasteiger partial charge < -0.3 is 14.3 Å². The van der Waals surface area contributed by atoms with E-state index in [1.54, 1.807) is 24.3 Å². The summed E-state index contributed by atoms with van der Waals surface area (Å²) in [6, 6.07) is 11.9. The maximum absolute atomic E-state index is 13.3. The lowest BCUT2D eigenvalue weighted by Gasteiger charge is -2.35. The lowest BCUT2D eigenvalue weighted by Crippen LogP contribution is -2.45. The van der Waals surface area contributed by atoms with Crippen LogP contribution in [-0.2, 0) is 6.42 Å². The molecule has 2 aromatic heterocycles. The van der Waals surface area contributed by atoms with Gasteiger partial charge in [0.05, 0.1) is 5.52 Å². The minimum Gasteiger partial charge on any atom is -0.408 e. The first-order valence-corrected chi connectivity index (χ1v) is 9.78. The van der Waals surface area contributed by atoms with Gasteiger partial charge in [0.1, 0.15) is 11.5 Å². The van der Waals surface area contributed by atoms with E-state index in [1.165, 1.54) is 12.1 Å². The Morgan fingerprint density at radius 2 is 1.93 bits per heavy atom. The summed E-state index contributed by atoms with van der Waals surface area (Å²) in [5.41, 5.74) is 3.34. The number of H-pyrrole nitrogens is 2. The summed E-state index contributed by atoms with van der Waals surface area (Å²) in [6.07, 6.45) is 3.68. The number of aromatic amines is 2. The summed E-state index contributed by atoms with van der Waals surface area (Å²) < 4.78 is 18.3. The molecule has 1 aliphatic rings. The van der Waals surface area contributed by atoms with Crippen LogP contribution in [-0.4, -0.2) is 33.4 Å². The maximum Gasteiger partial charge on any atom is 0.417 e. The molecule has 0 aliphatic carbocycles. The minimum absolute atomic E-state index is 0.0434. The number of hydrogen-bond acceptors (Lipinski definition) is 3. The number of likely N-dealkylation sites (tertiary alicyclic amines) is 1. The highest BCUT2D eigenvalue weighted by Crippen LogP contribution is 2.26. The monoisotopic (exact) mass is 393 g/mol. The molecular weight excluding hydrogens is 373 g/mol. The van der Waals surface area contributed by atoms with Crippen molar-refractivity contribution in [3.05, 3.63) is 70.1 Å². The summed E-state index contributed by atoms with van der Waals surface area (Å²) in [6.45, 7) is 0.704. The first kappa shape index (κ1) is 17.7. The van der Waals surface area contributed by atoms with Crippen LogP contribution in [0.25, 0.3) is 22.0 Å². The molecule has 6 nitrogen and oxygen atoms in total. The first-order chi connectivity index (χ1) is 14.1. The van der Waals surface area contributed by atoms with Crippen molar-refractivity contribution in [2.75, 3.05) is 6.54 Å². The molecular formula is C22H20FN3O3. The van der Waals surface area contributed by atoms with Crippen molar-refractivity contribution in [3.8, 4) is 0 Å². The van der Waals surface area contributed by atoms with Gasteiger partial charge in [-0.05, 0) is 55.5 Å². The van der Waals surface area contributed by atoms with Crippen molar-refractivity contribution in [1.82, 2.24) is 14.9 Å². The van der Waals surface area contributed by atoms with Crippen LogP contribution in [0.5, 0.6) is 0 Å². The second kappa shape index (κ2) is 6.92. The van der Waals surface area contributed by atoms with Gasteiger partial charge in [-0.1, -0.05) is 12.1 Å². The van der Waals surface area contributed by atoms with Gasteiger partial charge in [0.15, 0.2) is 5.58 Å². The van der Waals surface area contributed by atoms with Crippen molar-refractivity contribution in [2.24, 2.45) is 0 Å². The first-order valence-electron chi connectivity index (χ1n) is 9.78. The molecule has 1 aliphatic heterocycles. The van der Waals surface area contributed by atoms with E-state index in [4.69, 9.17) is 4.42 Å². The van der Waals surface area contributed by atoms with Gasteiger partial charge >= 0.3 is 5.76 Å². The maximum atomic E-state index is 13.3. The summed E-state index contributed by atoms with van der Waals surface area (Å²) in [5, 5.41) is 0.838. The Hall–Kier alpha value is -3.35. The summed E-state index contributed by atoms with van der Waals surface area (Å²) in [7, 11) is 0. The number of fused-ring (bicyclic) bond motifs is 2. The molecule has 4 aromatic rings. The number of nitrogens with one attached hydrogen (secondary N) is 2. The van der Waals surface area contributed by atoms with Gasteiger partial charge in [-0.3, -0.25) is 9.78 Å². The molecule has 0 radical (unpaired) electrons. The van der Waals surface area contributed by atoms with Crippen LogP contribution in [0.1, 0.15) is 35.3 Å². The Labute approximate surface area is 165 Å². The number of carbonyl (C=O) groups is 1. The van der Waals surface area contributed by atoms with Gasteiger partial charge in [0.2, 0.25) is 0 Å². The zero-order valence-corrected chi connectivity index (χ0v) is 15.7. The fraction of sp³-hybridized carbons (Fsp3) is 0.273. The topological polar surface area (TPSA) is 82.1 Å². The van der Waals surface area contributed by atoms with Crippen LogP contribution in [0.2, 0.25) is 0 Å². The van der Waals surface area contributed by atoms with E-state index in [9.17, 15) is 14.0 Å². The molecule has 0 bridgehead atoms. The zero-order valence-electron chi connectivity index (χ0n) is 15.7. The van der Waals surface area contributed by atoms with E-state index >= 15 is 0 Å². The van der Waals surface area contributed by atoms with Gasteiger partial charge in [-0.15, -0.1) is 0 Å². The summed E-state index contributed by atoms with van der Waals surface area (Å²) in [4.78, 5) is 32.3. The molecule has 3 heterocycles. The Kier molecular flexibility index (Phi) is 4.23. The lowest BCUT2D eigenvalue weighted by atomic mass is 9.95. The van der Waals surface area contributed by atoms with Crippen molar-refractivity contribution in [3.63, 3.8) is 0 Å². The molecule has 29 heavy (non-hydrogen) atoms. The molecule has 1 saturated heterocycles. The summed E-state index contributed by atoms with van der Waals surface area (Å²) in [5.74, 6) is -0.797. The van der Waals surface area contributed by atoms with Crippen LogP contribution < -0.4 is 5.76 Å². The van der Waals surface area contributed by atoms with Gasteiger partial charge in [0.25, 0.3) is 5.91 Å². The normalized spacial score (nSPS) is 17.3. The molecule has 2 aromatic carbocycles. The van der Waals surface area contributed by atoms with E-state index in [0.29, 0.717) is 29.8 Å². The zero-order chi connectivity index (χ0) is 20.0. The van der Waals surface area contributed by atoms with E-state index in [1.807, 2.05) is 11.0 Å². The van der Waals surface area contributed by atoms with Gasteiger partial charge in [-0.25, -0.2) is 9.18 Å². The number of carbonyl (C=O) groups excluding carboxylic acids is 1. The molecule has 5 rings (SSSR count).